The number of nitrogens with zero attached hydrogens (tertiary/aromatic N) is 2. The van der Waals surface area contributed by atoms with Crippen LogP contribution in [0.3, 0.4) is 0 Å². The topological polar surface area (TPSA) is 36.7 Å². The van der Waals surface area contributed by atoms with Gasteiger partial charge in [0.1, 0.15) is 0 Å². The highest BCUT2D eigenvalue weighted by atomic mass is 16.3. The fourth-order valence-electron chi connectivity index (χ4n) is 3.45. The summed E-state index contributed by atoms with van der Waals surface area (Å²) in [6, 6.07) is 3.95. The van der Waals surface area contributed by atoms with Crippen LogP contribution in [0.1, 0.15) is 49.1 Å². The van der Waals surface area contributed by atoms with E-state index in [2.05, 4.69) is 4.90 Å². The fourth-order valence-corrected chi connectivity index (χ4v) is 3.45. The molecule has 110 valence electrons. The smallest absolute Gasteiger partial charge is 0.289 e. The minimum absolute atomic E-state index is 0.0705. The molecule has 2 aliphatic heterocycles. The molecular formula is C16H24N2O2. The van der Waals surface area contributed by atoms with Crippen molar-refractivity contribution in [3.63, 3.8) is 0 Å². The predicted molar refractivity (Wildman–Crippen MR) is 77.7 cm³/mol. The van der Waals surface area contributed by atoms with Crippen LogP contribution in [-0.2, 0) is 0 Å². The molecule has 2 saturated heterocycles. The van der Waals surface area contributed by atoms with Crippen molar-refractivity contribution in [2.45, 2.75) is 44.6 Å². The molecule has 0 radical (unpaired) electrons. The maximum absolute atomic E-state index is 12.5. The van der Waals surface area contributed by atoms with Gasteiger partial charge in [0, 0.05) is 19.1 Å². The van der Waals surface area contributed by atoms with Crippen LogP contribution in [0, 0.1) is 0 Å². The summed E-state index contributed by atoms with van der Waals surface area (Å²) in [5.74, 6) is 0.555. The molecule has 1 amide bonds. The van der Waals surface area contributed by atoms with Gasteiger partial charge in [-0.1, -0.05) is 0 Å². The van der Waals surface area contributed by atoms with Crippen molar-refractivity contribution >= 4 is 5.91 Å². The van der Waals surface area contributed by atoms with E-state index in [1.54, 1.807) is 18.4 Å². The van der Waals surface area contributed by atoms with E-state index in [9.17, 15) is 4.79 Å². The molecule has 4 heteroatoms. The third-order valence-corrected chi connectivity index (χ3v) is 4.60. The maximum atomic E-state index is 12.5. The molecule has 0 aliphatic carbocycles. The highest BCUT2D eigenvalue weighted by Gasteiger charge is 2.29. The Labute approximate surface area is 120 Å². The zero-order chi connectivity index (χ0) is 13.8. The van der Waals surface area contributed by atoms with Gasteiger partial charge >= 0.3 is 0 Å². The van der Waals surface area contributed by atoms with Crippen LogP contribution < -0.4 is 0 Å². The van der Waals surface area contributed by atoms with E-state index >= 15 is 0 Å². The quantitative estimate of drug-likeness (QED) is 0.848. The first-order valence-corrected chi connectivity index (χ1v) is 7.91. The van der Waals surface area contributed by atoms with Gasteiger partial charge in [-0.2, -0.15) is 0 Å². The molecule has 1 aromatic heterocycles. The van der Waals surface area contributed by atoms with Gasteiger partial charge in [0.15, 0.2) is 5.76 Å². The van der Waals surface area contributed by atoms with Gasteiger partial charge in [0.25, 0.3) is 5.91 Å². The van der Waals surface area contributed by atoms with Gasteiger partial charge in [-0.05, 0) is 63.7 Å². The second-order valence-corrected chi connectivity index (χ2v) is 5.96. The Kier molecular flexibility index (Phi) is 4.41. The third kappa shape index (κ3) is 3.06. The number of furan rings is 1. The summed E-state index contributed by atoms with van der Waals surface area (Å²) in [5.41, 5.74) is 0. The molecule has 1 aromatic rings. The number of rotatable bonds is 4. The number of carbonyl (C=O) groups is 1. The Bertz CT molecular complexity index is 424. The first kappa shape index (κ1) is 13.7. The van der Waals surface area contributed by atoms with Gasteiger partial charge in [0.2, 0.25) is 0 Å². The van der Waals surface area contributed by atoms with E-state index in [0.29, 0.717) is 11.8 Å². The zero-order valence-corrected chi connectivity index (χ0v) is 12.1. The molecule has 3 heterocycles. The summed E-state index contributed by atoms with van der Waals surface area (Å²) in [7, 11) is 0. The second-order valence-electron chi connectivity index (χ2n) is 5.96. The standard InChI is InChI=1S/C16H24N2O2/c19-16(15-7-5-13-20-15)18-11-2-1-6-14(18)8-12-17-9-3-4-10-17/h5,7,13-14H,1-4,6,8-12H2/t14-/m1/s1. The molecule has 0 saturated carbocycles. The van der Waals surface area contributed by atoms with Gasteiger partial charge in [-0.3, -0.25) is 4.79 Å². The molecule has 3 rings (SSSR count). The van der Waals surface area contributed by atoms with Gasteiger partial charge in [-0.25, -0.2) is 0 Å². The highest BCUT2D eigenvalue weighted by Crippen LogP contribution is 2.23. The lowest BCUT2D eigenvalue weighted by Crippen LogP contribution is -2.45. The summed E-state index contributed by atoms with van der Waals surface area (Å²) >= 11 is 0. The Morgan fingerprint density at radius 1 is 1.20 bits per heavy atom. The summed E-state index contributed by atoms with van der Waals surface area (Å²) in [4.78, 5) is 17.1. The van der Waals surface area contributed by atoms with Crippen molar-refractivity contribution in [2.24, 2.45) is 0 Å². The number of piperidine rings is 1. The lowest BCUT2D eigenvalue weighted by molar-refractivity contribution is 0.0556. The first-order chi connectivity index (χ1) is 9.84. The Morgan fingerprint density at radius 3 is 2.75 bits per heavy atom. The number of amides is 1. The predicted octanol–water partition coefficient (Wildman–Crippen LogP) is 2.76. The molecule has 0 aromatic carbocycles. The minimum Gasteiger partial charge on any atom is -0.459 e. The van der Waals surface area contributed by atoms with E-state index in [1.165, 1.54) is 32.4 Å². The summed E-state index contributed by atoms with van der Waals surface area (Å²) in [6.45, 7) is 4.48. The molecule has 0 N–H and O–H groups in total. The Hall–Kier alpha value is -1.29. The van der Waals surface area contributed by atoms with Crippen LogP contribution in [0.15, 0.2) is 22.8 Å². The maximum Gasteiger partial charge on any atom is 0.289 e. The normalized spacial score (nSPS) is 24.2. The Balaban J connectivity index is 1.59. The van der Waals surface area contributed by atoms with E-state index in [4.69, 9.17) is 4.42 Å². The highest BCUT2D eigenvalue weighted by molar-refractivity contribution is 5.91. The summed E-state index contributed by atoms with van der Waals surface area (Å²) < 4.78 is 5.27. The largest absolute Gasteiger partial charge is 0.459 e. The van der Waals surface area contributed by atoms with Gasteiger partial charge in [0.05, 0.1) is 6.26 Å². The zero-order valence-electron chi connectivity index (χ0n) is 12.1. The lowest BCUT2D eigenvalue weighted by Gasteiger charge is -2.36. The van der Waals surface area contributed by atoms with Crippen molar-refractivity contribution in [3.05, 3.63) is 24.2 Å². The fraction of sp³-hybridized carbons (Fsp3) is 0.688. The Morgan fingerprint density at radius 2 is 2.00 bits per heavy atom. The van der Waals surface area contributed by atoms with Crippen molar-refractivity contribution < 1.29 is 9.21 Å². The van der Waals surface area contributed by atoms with E-state index in [0.717, 1.165) is 32.4 Å². The SMILES string of the molecule is O=C(c1ccco1)N1CCCC[C@@H]1CCN1CCCC1. The first-order valence-electron chi connectivity index (χ1n) is 7.91. The molecule has 0 bridgehead atoms. The summed E-state index contributed by atoms with van der Waals surface area (Å²) in [6.07, 6.45) is 8.85. The van der Waals surface area contributed by atoms with Crippen LogP contribution >= 0.6 is 0 Å². The van der Waals surface area contributed by atoms with Crippen LogP contribution in [0.25, 0.3) is 0 Å². The number of carbonyl (C=O) groups excluding carboxylic acids is 1. The number of hydrogen-bond donors (Lipinski definition) is 0. The molecule has 2 aliphatic rings. The minimum atomic E-state index is 0.0705. The van der Waals surface area contributed by atoms with E-state index < -0.39 is 0 Å². The van der Waals surface area contributed by atoms with E-state index in [1.807, 2.05) is 4.90 Å². The monoisotopic (exact) mass is 276 g/mol. The van der Waals surface area contributed by atoms with Crippen molar-refractivity contribution in [3.8, 4) is 0 Å². The second kappa shape index (κ2) is 6.44. The molecule has 0 spiro atoms. The van der Waals surface area contributed by atoms with Crippen LogP contribution in [-0.4, -0.2) is 47.9 Å². The molecular weight excluding hydrogens is 252 g/mol. The van der Waals surface area contributed by atoms with Crippen molar-refractivity contribution in [1.82, 2.24) is 9.80 Å². The van der Waals surface area contributed by atoms with Crippen LogP contribution in [0.2, 0.25) is 0 Å². The number of hydrogen-bond acceptors (Lipinski definition) is 3. The lowest BCUT2D eigenvalue weighted by atomic mass is 9.98. The summed E-state index contributed by atoms with van der Waals surface area (Å²) in [5, 5.41) is 0. The molecule has 20 heavy (non-hydrogen) atoms. The molecule has 2 fully saturated rings. The van der Waals surface area contributed by atoms with Gasteiger partial charge < -0.3 is 14.2 Å². The van der Waals surface area contributed by atoms with Crippen molar-refractivity contribution in [1.29, 1.82) is 0 Å². The van der Waals surface area contributed by atoms with Crippen molar-refractivity contribution in [2.75, 3.05) is 26.2 Å². The molecule has 0 unspecified atom stereocenters. The third-order valence-electron chi connectivity index (χ3n) is 4.60. The number of likely N-dealkylation sites (tertiary alicyclic amines) is 2. The molecule has 1 atom stereocenters. The average Bonchev–Trinajstić information content (AvgIpc) is 3.18. The van der Waals surface area contributed by atoms with E-state index in [-0.39, 0.29) is 5.91 Å². The van der Waals surface area contributed by atoms with Crippen LogP contribution in [0.5, 0.6) is 0 Å². The molecule has 4 nitrogen and oxygen atoms in total. The average molecular weight is 276 g/mol. The van der Waals surface area contributed by atoms with Gasteiger partial charge in [-0.15, -0.1) is 0 Å². The van der Waals surface area contributed by atoms with Crippen LogP contribution in [0.4, 0.5) is 0 Å².